The van der Waals surface area contributed by atoms with Gasteiger partial charge in [0, 0.05) is 10.0 Å². The SMILES string of the molecule is Cc1cc(Br)ccc1C(=O)CO[Si](C)(C)C(C)(C)C. The van der Waals surface area contributed by atoms with Gasteiger partial charge in [-0.1, -0.05) is 36.7 Å². The van der Waals surface area contributed by atoms with Crippen molar-refractivity contribution in [2.24, 2.45) is 0 Å². The van der Waals surface area contributed by atoms with Crippen LogP contribution in [-0.4, -0.2) is 20.7 Å². The second-order valence-electron chi connectivity index (χ2n) is 6.43. The van der Waals surface area contributed by atoms with E-state index in [-0.39, 0.29) is 17.4 Å². The number of rotatable bonds is 4. The highest BCUT2D eigenvalue weighted by Crippen LogP contribution is 2.36. The lowest BCUT2D eigenvalue weighted by Gasteiger charge is -2.35. The zero-order valence-electron chi connectivity index (χ0n) is 12.6. The normalized spacial score (nSPS) is 12.6. The van der Waals surface area contributed by atoms with Crippen LogP contribution >= 0.6 is 15.9 Å². The molecule has 0 aliphatic rings. The van der Waals surface area contributed by atoms with Gasteiger partial charge in [-0.05, 0) is 48.8 Å². The van der Waals surface area contributed by atoms with Crippen molar-refractivity contribution in [1.29, 1.82) is 0 Å². The minimum Gasteiger partial charge on any atom is -0.409 e. The van der Waals surface area contributed by atoms with E-state index in [2.05, 4.69) is 49.8 Å². The fraction of sp³-hybridized carbons (Fsp3) is 0.533. The predicted octanol–water partition coefficient (Wildman–Crippen LogP) is 4.96. The number of hydrogen-bond acceptors (Lipinski definition) is 2. The number of Topliss-reactive ketones (excluding diaryl/α,β-unsaturated/α-hetero) is 1. The lowest BCUT2D eigenvalue weighted by atomic mass is 10.1. The molecule has 1 aromatic rings. The third kappa shape index (κ3) is 4.26. The largest absolute Gasteiger partial charge is 0.409 e. The topological polar surface area (TPSA) is 26.3 Å². The van der Waals surface area contributed by atoms with Gasteiger partial charge in [0.25, 0.3) is 0 Å². The number of benzene rings is 1. The Morgan fingerprint density at radius 1 is 1.32 bits per heavy atom. The van der Waals surface area contributed by atoms with E-state index < -0.39 is 8.32 Å². The number of hydrogen-bond donors (Lipinski definition) is 0. The number of carbonyl (C=O) groups is 1. The number of halogens is 1. The van der Waals surface area contributed by atoms with Crippen LogP contribution < -0.4 is 0 Å². The number of carbonyl (C=O) groups excluding carboxylic acids is 1. The number of ketones is 1. The van der Waals surface area contributed by atoms with Crippen molar-refractivity contribution in [2.75, 3.05) is 6.61 Å². The zero-order valence-corrected chi connectivity index (χ0v) is 15.2. The van der Waals surface area contributed by atoms with Gasteiger partial charge >= 0.3 is 0 Å². The molecule has 0 unspecified atom stereocenters. The summed E-state index contributed by atoms with van der Waals surface area (Å²) in [6.07, 6.45) is 0. The van der Waals surface area contributed by atoms with Gasteiger partial charge in [0.05, 0.1) is 6.61 Å². The average Bonchev–Trinajstić information content (AvgIpc) is 2.24. The Balaban J connectivity index is 2.76. The first-order valence-corrected chi connectivity index (χ1v) is 10.2. The molecule has 0 bridgehead atoms. The summed E-state index contributed by atoms with van der Waals surface area (Å²) in [7, 11) is -1.86. The summed E-state index contributed by atoms with van der Waals surface area (Å²) in [5.41, 5.74) is 1.74. The molecule has 2 nitrogen and oxygen atoms in total. The first-order valence-electron chi connectivity index (χ1n) is 6.48. The minimum atomic E-state index is -1.86. The molecule has 0 amide bonds. The standard InChI is InChI=1S/C15H23BrO2Si/c1-11-9-12(16)7-8-13(11)14(17)10-18-19(5,6)15(2,3)4/h7-9H,10H2,1-6H3. The fourth-order valence-electron chi connectivity index (χ4n) is 1.48. The average molecular weight is 343 g/mol. The quantitative estimate of drug-likeness (QED) is 0.570. The van der Waals surface area contributed by atoms with E-state index in [9.17, 15) is 4.79 Å². The third-order valence-electron chi connectivity index (χ3n) is 3.86. The maximum atomic E-state index is 12.2. The van der Waals surface area contributed by atoms with Crippen LogP contribution in [0.25, 0.3) is 0 Å². The predicted molar refractivity (Wildman–Crippen MR) is 86.4 cm³/mol. The fourth-order valence-corrected chi connectivity index (χ4v) is 2.88. The van der Waals surface area contributed by atoms with Crippen LogP contribution in [0.2, 0.25) is 18.1 Å². The molecule has 0 saturated heterocycles. The summed E-state index contributed by atoms with van der Waals surface area (Å²) in [6.45, 7) is 13.0. The summed E-state index contributed by atoms with van der Waals surface area (Å²) in [6, 6.07) is 5.71. The van der Waals surface area contributed by atoms with Crippen LogP contribution in [0.4, 0.5) is 0 Å². The van der Waals surface area contributed by atoms with Gasteiger partial charge in [0.1, 0.15) is 0 Å². The van der Waals surface area contributed by atoms with Crippen molar-refractivity contribution in [1.82, 2.24) is 0 Å². The van der Waals surface area contributed by atoms with Gasteiger partial charge in [-0.3, -0.25) is 4.79 Å². The van der Waals surface area contributed by atoms with Crippen LogP contribution in [-0.2, 0) is 4.43 Å². The van der Waals surface area contributed by atoms with E-state index in [0.717, 1.165) is 15.6 Å². The number of aryl methyl sites for hydroxylation is 1. The monoisotopic (exact) mass is 342 g/mol. The Hall–Kier alpha value is -0.453. The van der Waals surface area contributed by atoms with Crippen molar-refractivity contribution in [3.63, 3.8) is 0 Å². The zero-order chi connectivity index (χ0) is 14.8. The minimum absolute atomic E-state index is 0.0647. The Morgan fingerprint density at radius 3 is 2.37 bits per heavy atom. The molecule has 1 aromatic carbocycles. The highest BCUT2D eigenvalue weighted by molar-refractivity contribution is 9.10. The Morgan fingerprint density at radius 2 is 1.89 bits per heavy atom. The van der Waals surface area contributed by atoms with Gasteiger partial charge < -0.3 is 4.43 Å². The van der Waals surface area contributed by atoms with Crippen molar-refractivity contribution < 1.29 is 9.22 Å². The maximum Gasteiger partial charge on any atom is 0.192 e. The summed E-state index contributed by atoms with van der Waals surface area (Å²) in [5.74, 6) is 0.0647. The van der Waals surface area contributed by atoms with Crippen molar-refractivity contribution in [3.8, 4) is 0 Å². The summed E-state index contributed by atoms with van der Waals surface area (Å²) >= 11 is 3.41. The van der Waals surface area contributed by atoms with Crippen LogP contribution in [0.15, 0.2) is 22.7 Å². The van der Waals surface area contributed by atoms with Crippen LogP contribution in [0.3, 0.4) is 0 Å². The van der Waals surface area contributed by atoms with E-state index in [4.69, 9.17) is 4.43 Å². The van der Waals surface area contributed by atoms with Gasteiger partial charge in [-0.15, -0.1) is 0 Å². The molecule has 0 aliphatic heterocycles. The molecule has 0 heterocycles. The maximum absolute atomic E-state index is 12.2. The van der Waals surface area contributed by atoms with Crippen LogP contribution in [0.5, 0.6) is 0 Å². The second kappa shape index (κ2) is 5.90. The van der Waals surface area contributed by atoms with Gasteiger partial charge in [-0.25, -0.2) is 0 Å². The highest BCUT2D eigenvalue weighted by Gasteiger charge is 2.37. The molecule has 0 saturated carbocycles. The molecule has 0 fully saturated rings. The van der Waals surface area contributed by atoms with E-state index in [1.807, 2.05) is 25.1 Å². The van der Waals surface area contributed by atoms with Crippen molar-refractivity contribution >= 4 is 30.0 Å². The lowest BCUT2D eigenvalue weighted by molar-refractivity contribution is 0.0910. The van der Waals surface area contributed by atoms with Crippen molar-refractivity contribution in [3.05, 3.63) is 33.8 Å². The van der Waals surface area contributed by atoms with Gasteiger partial charge in [0.2, 0.25) is 0 Å². The molecule has 0 atom stereocenters. The van der Waals surface area contributed by atoms with E-state index in [1.165, 1.54) is 0 Å². The Kier molecular flexibility index (Phi) is 5.15. The second-order valence-corrected chi connectivity index (χ2v) is 12.2. The van der Waals surface area contributed by atoms with E-state index >= 15 is 0 Å². The summed E-state index contributed by atoms with van der Waals surface area (Å²) in [4.78, 5) is 12.2. The highest BCUT2D eigenvalue weighted by atomic mass is 79.9. The molecule has 0 radical (unpaired) electrons. The molecule has 0 aromatic heterocycles. The molecule has 0 aliphatic carbocycles. The van der Waals surface area contributed by atoms with Crippen LogP contribution in [0.1, 0.15) is 36.7 Å². The molecular weight excluding hydrogens is 320 g/mol. The molecule has 106 valence electrons. The molecular formula is C15H23BrO2Si. The molecule has 0 spiro atoms. The first-order chi connectivity index (χ1) is 8.54. The van der Waals surface area contributed by atoms with E-state index in [1.54, 1.807) is 0 Å². The van der Waals surface area contributed by atoms with Crippen LogP contribution in [0, 0.1) is 6.92 Å². The Bertz CT molecular complexity index is 476. The molecule has 1 rings (SSSR count). The summed E-state index contributed by atoms with van der Waals surface area (Å²) in [5, 5.41) is 0.127. The van der Waals surface area contributed by atoms with Crippen molar-refractivity contribution in [2.45, 2.75) is 45.8 Å². The summed E-state index contributed by atoms with van der Waals surface area (Å²) < 4.78 is 6.97. The molecule has 4 heteroatoms. The molecule has 19 heavy (non-hydrogen) atoms. The smallest absolute Gasteiger partial charge is 0.192 e. The Labute approximate surface area is 125 Å². The van der Waals surface area contributed by atoms with E-state index in [0.29, 0.717) is 0 Å². The van der Waals surface area contributed by atoms with Gasteiger partial charge in [-0.2, -0.15) is 0 Å². The lowest BCUT2D eigenvalue weighted by Crippen LogP contribution is -2.42. The first kappa shape index (κ1) is 16.6. The van der Waals surface area contributed by atoms with Gasteiger partial charge in [0.15, 0.2) is 14.1 Å². The molecule has 0 N–H and O–H groups in total. The third-order valence-corrected chi connectivity index (χ3v) is 8.83.